The topological polar surface area (TPSA) is 0 Å². The van der Waals surface area contributed by atoms with Crippen molar-refractivity contribution in [1.82, 2.24) is 0 Å². The minimum Gasteiger partial charge on any atom is -0.165 e. The Hall–Kier alpha value is -0.510. The van der Waals surface area contributed by atoms with E-state index in [1.165, 1.54) is 6.07 Å². The van der Waals surface area contributed by atoms with Gasteiger partial charge in [0, 0.05) is 4.88 Å². The van der Waals surface area contributed by atoms with Crippen LogP contribution in [-0.4, -0.2) is 0 Å². The molecular weight excluding hydrogens is 197 g/mol. The van der Waals surface area contributed by atoms with Gasteiger partial charge in [-0.2, -0.15) is 13.2 Å². The Balaban J connectivity index is 0.000000671. The maximum absolute atomic E-state index is 12.0. The highest BCUT2D eigenvalue weighted by atomic mass is 32.1. The smallest absolute Gasteiger partial charge is 0.165 e. The number of halogens is 3. The fourth-order valence-electron chi connectivity index (χ4n) is 0.713. The van der Waals surface area contributed by atoms with Gasteiger partial charge in [0.1, 0.15) is 4.88 Å². The summed E-state index contributed by atoms with van der Waals surface area (Å²) >= 11 is 0.796. The molecule has 0 saturated heterocycles. The average molecular weight is 210 g/mol. The van der Waals surface area contributed by atoms with E-state index in [-0.39, 0.29) is 0 Å². The molecule has 0 fully saturated rings. The number of thiophene rings is 1. The van der Waals surface area contributed by atoms with Gasteiger partial charge in [0.25, 0.3) is 0 Å². The van der Waals surface area contributed by atoms with Crippen molar-refractivity contribution in [1.29, 1.82) is 0 Å². The van der Waals surface area contributed by atoms with Crippen LogP contribution in [0.25, 0.3) is 0 Å². The highest BCUT2D eigenvalue weighted by Gasteiger charge is 2.32. The second-order valence-corrected chi connectivity index (χ2v) is 3.60. The van der Waals surface area contributed by atoms with Gasteiger partial charge in [0.2, 0.25) is 0 Å². The minimum atomic E-state index is -4.18. The van der Waals surface area contributed by atoms with Crippen molar-refractivity contribution < 1.29 is 13.2 Å². The molecular formula is C9H13F3S. The van der Waals surface area contributed by atoms with Gasteiger partial charge in [-0.25, -0.2) is 0 Å². The molecule has 0 aliphatic heterocycles. The lowest BCUT2D eigenvalue weighted by molar-refractivity contribution is -0.134. The van der Waals surface area contributed by atoms with Gasteiger partial charge in [-0.15, -0.1) is 11.3 Å². The molecule has 0 atom stereocenters. The van der Waals surface area contributed by atoms with Gasteiger partial charge in [-0.3, -0.25) is 0 Å². The summed E-state index contributed by atoms with van der Waals surface area (Å²) in [7, 11) is 0. The molecule has 1 aromatic heterocycles. The largest absolute Gasteiger partial charge is 0.425 e. The van der Waals surface area contributed by atoms with Crippen LogP contribution in [0.15, 0.2) is 6.07 Å². The third-order valence-corrected chi connectivity index (χ3v) is 2.64. The van der Waals surface area contributed by atoms with E-state index in [0.29, 0.717) is 5.56 Å². The minimum absolute atomic E-state index is 0.507. The molecule has 76 valence electrons. The van der Waals surface area contributed by atoms with Gasteiger partial charge in [-0.05, 0) is 25.5 Å². The van der Waals surface area contributed by atoms with Crippen molar-refractivity contribution in [2.24, 2.45) is 0 Å². The van der Waals surface area contributed by atoms with Crippen LogP contribution in [0.2, 0.25) is 0 Å². The molecule has 0 aromatic carbocycles. The van der Waals surface area contributed by atoms with Gasteiger partial charge in [0.15, 0.2) is 0 Å². The van der Waals surface area contributed by atoms with Crippen molar-refractivity contribution in [2.75, 3.05) is 0 Å². The lowest BCUT2D eigenvalue weighted by atomic mass is 10.3. The summed E-state index contributed by atoms with van der Waals surface area (Å²) < 4.78 is 36.0. The summed E-state index contributed by atoms with van der Waals surface area (Å²) in [6, 6.07) is 1.18. The summed E-state index contributed by atoms with van der Waals surface area (Å²) in [5.41, 5.74) is 0.710. The van der Waals surface area contributed by atoms with E-state index in [1.54, 1.807) is 13.8 Å². The lowest BCUT2D eigenvalue weighted by Crippen LogP contribution is -2.00. The quantitative estimate of drug-likeness (QED) is 0.595. The predicted octanol–water partition coefficient (Wildman–Crippen LogP) is 4.41. The van der Waals surface area contributed by atoms with Crippen LogP contribution in [0.1, 0.15) is 29.2 Å². The SMILES string of the molecule is CC.Cc1cc(C(F)(F)F)sc1C. The Kier molecular flexibility index (Phi) is 4.47. The number of aryl methyl sites for hydroxylation is 2. The molecule has 13 heavy (non-hydrogen) atoms. The first-order valence-corrected chi connectivity index (χ1v) is 4.87. The van der Waals surface area contributed by atoms with Crippen LogP contribution in [0.3, 0.4) is 0 Å². The third kappa shape index (κ3) is 3.38. The number of hydrogen-bond acceptors (Lipinski definition) is 1. The molecule has 0 saturated carbocycles. The van der Waals surface area contributed by atoms with Crippen molar-refractivity contribution in [2.45, 2.75) is 33.9 Å². The van der Waals surface area contributed by atoms with Gasteiger partial charge in [-0.1, -0.05) is 13.8 Å². The summed E-state index contributed by atoms with van der Waals surface area (Å²) in [6.07, 6.45) is -4.18. The molecule has 0 N–H and O–H groups in total. The van der Waals surface area contributed by atoms with Crippen molar-refractivity contribution >= 4 is 11.3 Å². The third-order valence-electron chi connectivity index (χ3n) is 1.45. The van der Waals surface area contributed by atoms with Crippen molar-refractivity contribution in [3.8, 4) is 0 Å². The van der Waals surface area contributed by atoms with Crippen LogP contribution < -0.4 is 0 Å². The molecule has 0 spiro atoms. The first kappa shape index (κ1) is 12.5. The fourth-order valence-corrected chi connectivity index (χ4v) is 1.61. The van der Waals surface area contributed by atoms with Gasteiger partial charge in [0.05, 0.1) is 0 Å². The molecule has 4 heteroatoms. The summed E-state index contributed by atoms with van der Waals surface area (Å²) in [5.74, 6) is 0. The Labute approximate surface area is 80.4 Å². The van der Waals surface area contributed by atoms with E-state index in [2.05, 4.69) is 0 Å². The normalized spacial score (nSPS) is 10.7. The Morgan fingerprint density at radius 1 is 1.15 bits per heavy atom. The maximum atomic E-state index is 12.0. The van der Waals surface area contributed by atoms with Crippen LogP contribution in [0.4, 0.5) is 13.2 Å². The van der Waals surface area contributed by atoms with Crippen LogP contribution in [0, 0.1) is 13.8 Å². The first-order chi connectivity index (χ1) is 5.91. The molecule has 1 aromatic rings. The van der Waals surface area contributed by atoms with Crippen molar-refractivity contribution in [3.05, 3.63) is 21.4 Å². The Bertz CT molecular complexity index is 241. The van der Waals surface area contributed by atoms with E-state index in [0.717, 1.165) is 16.2 Å². The zero-order chi connectivity index (χ0) is 10.6. The zero-order valence-corrected chi connectivity index (χ0v) is 8.94. The summed E-state index contributed by atoms with van der Waals surface area (Å²) in [5, 5.41) is 0. The fraction of sp³-hybridized carbons (Fsp3) is 0.556. The molecule has 0 nitrogen and oxygen atoms in total. The number of alkyl halides is 3. The molecule has 0 bridgehead atoms. The molecule has 0 aliphatic carbocycles. The van der Waals surface area contributed by atoms with Crippen molar-refractivity contribution in [3.63, 3.8) is 0 Å². The van der Waals surface area contributed by atoms with E-state index in [9.17, 15) is 13.2 Å². The Morgan fingerprint density at radius 3 is 1.77 bits per heavy atom. The highest BCUT2D eigenvalue weighted by Crippen LogP contribution is 2.35. The monoisotopic (exact) mass is 210 g/mol. The number of hydrogen-bond donors (Lipinski definition) is 0. The van der Waals surface area contributed by atoms with Crippen LogP contribution >= 0.6 is 11.3 Å². The second-order valence-electron chi connectivity index (χ2n) is 2.35. The molecule has 0 unspecified atom stereocenters. The van der Waals surface area contributed by atoms with Gasteiger partial charge >= 0.3 is 6.18 Å². The second kappa shape index (κ2) is 4.65. The first-order valence-electron chi connectivity index (χ1n) is 4.05. The lowest BCUT2D eigenvalue weighted by Gasteiger charge is -1.99. The van der Waals surface area contributed by atoms with E-state index in [1.807, 2.05) is 13.8 Å². The number of rotatable bonds is 0. The van der Waals surface area contributed by atoms with E-state index in [4.69, 9.17) is 0 Å². The molecule has 0 aliphatic rings. The molecule has 1 heterocycles. The standard InChI is InChI=1S/C7H7F3S.C2H6/c1-4-3-6(7(8,9)10)11-5(4)2;1-2/h3H,1-2H3;1-2H3. The molecule has 1 rings (SSSR count). The molecule has 0 radical (unpaired) electrons. The van der Waals surface area contributed by atoms with Crippen LogP contribution in [0.5, 0.6) is 0 Å². The van der Waals surface area contributed by atoms with Gasteiger partial charge < -0.3 is 0 Å². The maximum Gasteiger partial charge on any atom is 0.425 e. The van der Waals surface area contributed by atoms with Crippen LogP contribution in [-0.2, 0) is 6.18 Å². The Morgan fingerprint density at radius 2 is 1.62 bits per heavy atom. The molecule has 0 amide bonds. The predicted molar refractivity (Wildman–Crippen MR) is 50.1 cm³/mol. The summed E-state index contributed by atoms with van der Waals surface area (Å²) in [6.45, 7) is 7.37. The average Bonchev–Trinajstić information content (AvgIpc) is 2.35. The summed E-state index contributed by atoms with van der Waals surface area (Å²) in [4.78, 5) is 0.227. The zero-order valence-electron chi connectivity index (χ0n) is 8.12. The van der Waals surface area contributed by atoms with E-state index >= 15 is 0 Å². The highest BCUT2D eigenvalue weighted by molar-refractivity contribution is 7.12. The van der Waals surface area contributed by atoms with E-state index < -0.39 is 11.1 Å².